The molecule has 0 radical (unpaired) electrons. The van der Waals surface area contributed by atoms with Gasteiger partial charge in [0.25, 0.3) is 0 Å². The van der Waals surface area contributed by atoms with Crippen molar-refractivity contribution in [2.75, 3.05) is 0 Å². The molecule has 0 saturated heterocycles. The van der Waals surface area contributed by atoms with Crippen LogP contribution in [0.1, 0.15) is 17.7 Å². The van der Waals surface area contributed by atoms with Crippen LogP contribution in [0.25, 0.3) is 0 Å². The predicted molar refractivity (Wildman–Crippen MR) is 48.6 cm³/mol. The normalized spacial score (nSPS) is 21.2. The molecule has 2 rings (SSSR count). The summed E-state index contributed by atoms with van der Waals surface area (Å²) in [5, 5.41) is 8.88. The highest BCUT2D eigenvalue weighted by atomic mass is 16.4. The van der Waals surface area contributed by atoms with Crippen LogP contribution in [0.15, 0.2) is 12.3 Å². The molecule has 1 aromatic rings. The lowest BCUT2D eigenvalue weighted by Gasteiger charge is -2.19. The molecule has 0 aromatic carbocycles. The van der Waals surface area contributed by atoms with Crippen LogP contribution < -0.4 is 0 Å². The van der Waals surface area contributed by atoms with Gasteiger partial charge in [-0.1, -0.05) is 0 Å². The lowest BCUT2D eigenvalue weighted by molar-refractivity contribution is -0.142. The molecule has 1 aliphatic rings. The van der Waals surface area contributed by atoms with Crippen LogP contribution in [0, 0.1) is 5.92 Å². The topological polar surface area (TPSA) is 42.2 Å². The summed E-state index contributed by atoms with van der Waals surface area (Å²) in [6.07, 6.45) is 4.39. The highest BCUT2D eigenvalue weighted by Gasteiger charge is 2.25. The van der Waals surface area contributed by atoms with Gasteiger partial charge < -0.3 is 9.67 Å². The molecule has 0 fully saturated rings. The van der Waals surface area contributed by atoms with E-state index in [0.717, 1.165) is 12.8 Å². The summed E-state index contributed by atoms with van der Waals surface area (Å²) >= 11 is 0. The second-order valence-electron chi connectivity index (χ2n) is 3.68. The summed E-state index contributed by atoms with van der Waals surface area (Å²) in [6.45, 7) is 0. The van der Waals surface area contributed by atoms with Crippen molar-refractivity contribution >= 4 is 5.97 Å². The van der Waals surface area contributed by atoms with E-state index in [9.17, 15) is 4.79 Å². The molecular formula is C10H13NO2. The van der Waals surface area contributed by atoms with E-state index in [2.05, 4.69) is 6.07 Å². The number of aromatic nitrogens is 1. The van der Waals surface area contributed by atoms with Gasteiger partial charge in [0.15, 0.2) is 0 Å². The van der Waals surface area contributed by atoms with E-state index >= 15 is 0 Å². The van der Waals surface area contributed by atoms with Crippen LogP contribution in [-0.4, -0.2) is 15.6 Å². The van der Waals surface area contributed by atoms with E-state index in [1.165, 1.54) is 11.3 Å². The predicted octanol–water partition coefficient (Wildman–Crippen LogP) is 1.21. The summed E-state index contributed by atoms with van der Waals surface area (Å²) in [6, 6.07) is 2.09. The third-order valence-electron chi connectivity index (χ3n) is 2.85. The Kier molecular flexibility index (Phi) is 1.87. The van der Waals surface area contributed by atoms with Crippen LogP contribution in [0.2, 0.25) is 0 Å². The monoisotopic (exact) mass is 179 g/mol. The average molecular weight is 179 g/mol. The largest absolute Gasteiger partial charge is 0.481 e. The zero-order chi connectivity index (χ0) is 9.42. The average Bonchev–Trinajstić information content (AvgIpc) is 2.47. The fourth-order valence-electron chi connectivity index (χ4n) is 1.99. The van der Waals surface area contributed by atoms with Crippen LogP contribution in [0.3, 0.4) is 0 Å². The second kappa shape index (κ2) is 2.91. The number of fused-ring (bicyclic) bond motifs is 1. The van der Waals surface area contributed by atoms with Crippen molar-refractivity contribution < 1.29 is 9.90 Å². The molecule has 13 heavy (non-hydrogen) atoms. The Morgan fingerprint density at radius 2 is 2.46 bits per heavy atom. The molecule has 0 aliphatic heterocycles. The Bertz CT molecular complexity index is 341. The Morgan fingerprint density at radius 3 is 3.15 bits per heavy atom. The summed E-state index contributed by atoms with van der Waals surface area (Å²) in [5.74, 6) is -0.840. The lowest BCUT2D eigenvalue weighted by Crippen LogP contribution is -2.22. The smallest absolute Gasteiger partial charge is 0.306 e. The minimum atomic E-state index is -0.660. The molecule has 3 heteroatoms. The zero-order valence-corrected chi connectivity index (χ0v) is 7.66. The molecule has 70 valence electrons. The van der Waals surface area contributed by atoms with Crippen molar-refractivity contribution in [2.45, 2.75) is 19.3 Å². The molecule has 0 spiro atoms. The van der Waals surface area contributed by atoms with Crippen LogP contribution >= 0.6 is 0 Å². The molecule has 1 atom stereocenters. The van der Waals surface area contributed by atoms with Crippen molar-refractivity contribution in [1.29, 1.82) is 0 Å². The third-order valence-corrected chi connectivity index (χ3v) is 2.85. The number of carboxylic acid groups (broad SMARTS) is 1. The van der Waals surface area contributed by atoms with Crippen molar-refractivity contribution in [2.24, 2.45) is 13.0 Å². The van der Waals surface area contributed by atoms with E-state index in [-0.39, 0.29) is 5.92 Å². The van der Waals surface area contributed by atoms with E-state index in [1.807, 2.05) is 17.8 Å². The number of aliphatic carboxylic acids is 1. The van der Waals surface area contributed by atoms with E-state index < -0.39 is 5.97 Å². The standard InChI is InChI=1S/C10H13NO2/c1-11-5-4-7-2-3-8(10(12)13)6-9(7)11/h4-5,8H,2-3,6H2,1H3,(H,12,13). The van der Waals surface area contributed by atoms with E-state index in [4.69, 9.17) is 5.11 Å². The SMILES string of the molecule is Cn1ccc2c1CC(C(=O)O)CC2. The number of nitrogens with zero attached hydrogens (tertiary/aromatic N) is 1. The summed E-state index contributed by atoms with van der Waals surface area (Å²) < 4.78 is 2.03. The fraction of sp³-hybridized carbons (Fsp3) is 0.500. The fourth-order valence-corrected chi connectivity index (χ4v) is 1.99. The second-order valence-corrected chi connectivity index (χ2v) is 3.68. The molecule has 1 N–H and O–H groups in total. The highest BCUT2D eigenvalue weighted by molar-refractivity contribution is 5.70. The minimum Gasteiger partial charge on any atom is -0.481 e. The Hall–Kier alpha value is -1.25. The maximum atomic E-state index is 10.8. The summed E-state index contributed by atoms with van der Waals surface area (Å²) in [4.78, 5) is 10.8. The van der Waals surface area contributed by atoms with Crippen LogP contribution in [-0.2, 0) is 24.7 Å². The number of hydrogen-bond donors (Lipinski definition) is 1. The first-order chi connectivity index (χ1) is 6.18. The molecule has 1 aliphatic carbocycles. The number of rotatable bonds is 1. The van der Waals surface area contributed by atoms with Gasteiger partial charge in [0, 0.05) is 25.4 Å². The molecule has 1 unspecified atom stereocenters. The van der Waals surface area contributed by atoms with Gasteiger partial charge in [0.2, 0.25) is 0 Å². The molecule has 1 heterocycles. The zero-order valence-electron chi connectivity index (χ0n) is 7.66. The summed E-state index contributed by atoms with van der Waals surface area (Å²) in [5.41, 5.74) is 2.51. The Balaban J connectivity index is 2.27. The first kappa shape index (κ1) is 8.35. The molecular weight excluding hydrogens is 166 g/mol. The first-order valence-corrected chi connectivity index (χ1v) is 4.54. The lowest BCUT2D eigenvalue weighted by atomic mass is 9.88. The van der Waals surface area contributed by atoms with Gasteiger partial charge in [0.05, 0.1) is 5.92 Å². The summed E-state index contributed by atoms with van der Waals surface area (Å²) in [7, 11) is 1.98. The van der Waals surface area contributed by atoms with Crippen molar-refractivity contribution in [3.63, 3.8) is 0 Å². The van der Waals surface area contributed by atoms with Crippen LogP contribution in [0.4, 0.5) is 0 Å². The van der Waals surface area contributed by atoms with Gasteiger partial charge in [0.1, 0.15) is 0 Å². The number of aryl methyl sites for hydroxylation is 2. The number of carboxylic acids is 1. The molecule has 3 nitrogen and oxygen atoms in total. The Labute approximate surface area is 77.0 Å². The molecule has 0 amide bonds. The van der Waals surface area contributed by atoms with Gasteiger partial charge in [-0.3, -0.25) is 4.79 Å². The van der Waals surface area contributed by atoms with Crippen molar-refractivity contribution in [3.05, 3.63) is 23.5 Å². The first-order valence-electron chi connectivity index (χ1n) is 4.54. The van der Waals surface area contributed by atoms with Gasteiger partial charge in [-0.2, -0.15) is 0 Å². The molecule has 1 aromatic heterocycles. The number of carbonyl (C=O) groups is 1. The van der Waals surface area contributed by atoms with Crippen molar-refractivity contribution in [3.8, 4) is 0 Å². The quantitative estimate of drug-likeness (QED) is 0.704. The van der Waals surface area contributed by atoms with E-state index in [0.29, 0.717) is 6.42 Å². The van der Waals surface area contributed by atoms with Gasteiger partial charge >= 0.3 is 5.97 Å². The Morgan fingerprint density at radius 1 is 1.69 bits per heavy atom. The maximum absolute atomic E-state index is 10.8. The van der Waals surface area contributed by atoms with Crippen molar-refractivity contribution in [1.82, 2.24) is 4.57 Å². The molecule has 0 bridgehead atoms. The molecule has 0 saturated carbocycles. The van der Waals surface area contributed by atoms with Gasteiger partial charge in [-0.15, -0.1) is 0 Å². The van der Waals surface area contributed by atoms with Crippen LogP contribution in [0.5, 0.6) is 0 Å². The highest BCUT2D eigenvalue weighted by Crippen LogP contribution is 2.25. The van der Waals surface area contributed by atoms with Gasteiger partial charge in [-0.05, 0) is 24.5 Å². The minimum absolute atomic E-state index is 0.180. The third kappa shape index (κ3) is 1.34. The van der Waals surface area contributed by atoms with E-state index in [1.54, 1.807) is 0 Å². The maximum Gasteiger partial charge on any atom is 0.306 e. The van der Waals surface area contributed by atoms with Gasteiger partial charge in [-0.25, -0.2) is 0 Å². The number of hydrogen-bond acceptors (Lipinski definition) is 1.